The molecule has 1 heterocycles. The summed E-state index contributed by atoms with van der Waals surface area (Å²) in [5.74, 6) is -0.178. The normalized spacial score (nSPS) is 11.6. The van der Waals surface area contributed by atoms with Crippen molar-refractivity contribution < 1.29 is 8.42 Å². The SMILES string of the molecule is CCn1ccc(=O)n(CCS(=O)(=O)CC)c1=O. The van der Waals surface area contributed by atoms with E-state index in [0.717, 1.165) is 4.57 Å². The molecule has 0 N–H and O–H groups in total. The molecule has 0 atom stereocenters. The van der Waals surface area contributed by atoms with Crippen LogP contribution in [0.1, 0.15) is 13.8 Å². The highest BCUT2D eigenvalue weighted by Crippen LogP contribution is 1.90. The fraction of sp³-hybridized carbons (Fsp3) is 0.600. The van der Waals surface area contributed by atoms with Crippen LogP contribution in [-0.2, 0) is 22.9 Å². The van der Waals surface area contributed by atoms with Gasteiger partial charge in [0.1, 0.15) is 0 Å². The van der Waals surface area contributed by atoms with Gasteiger partial charge in [0.25, 0.3) is 5.56 Å². The average Bonchev–Trinajstić information content (AvgIpc) is 2.29. The Morgan fingerprint density at radius 2 is 1.88 bits per heavy atom. The molecule has 0 aliphatic rings. The predicted octanol–water partition coefficient (Wildman–Crippen LogP) is -0.535. The number of hydrogen-bond donors (Lipinski definition) is 0. The number of hydrogen-bond acceptors (Lipinski definition) is 4. The van der Waals surface area contributed by atoms with E-state index in [1.807, 2.05) is 0 Å². The molecule has 0 bridgehead atoms. The third-order valence-electron chi connectivity index (χ3n) is 2.55. The van der Waals surface area contributed by atoms with Gasteiger partial charge in [-0.25, -0.2) is 13.2 Å². The fourth-order valence-electron chi connectivity index (χ4n) is 1.38. The molecule has 1 aromatic heterocycles. The molecule has 0 aliphatic heterocycles. The van der Waals surface area contributed by atoms with Gasteiger partial charge in [0.2, 0.25) is 0 Å². The van der Waals surface area contributed by atoms with E-state index < -0.39 is 21.1 Å². The fourth-order valence-corrected chi connectivity index (χ4v) is 2.13. The maximum absolute atomic E-state index is 11.8. The second-order valence-corrected chi connectivity index (χ2v) is 6.08. The van der Waals surface area contributed by atoms with E-state index in [-0.39, 0.29) is 18.1 Å². The van der Waals surface area contributed by atoms with Gasteiger partial charge in [-0.15, -0.1) is 0 Å². The van der Waals surface area contributed by atoms with Gasteiger partial charge in [0.05, 0.1) is 5.75 Å². The van der Waals surface area contributed by atoms with Crippen molar-refractivity contribution in [3.05, 3.63) is 33.1 Å². The molecule has 0 aliphatic carbocycles. The van der Waals surface area contributed by atoms with Crippen molar-refractivity contribution in [2.75, 3.05) is 11.5 Å². The lowest BCUT2D eigenvalue weighted by Gasteiger charge is -2.07. The minimum absolute atomic E-state index is 0.0105. The first-order valence-corrected chi connectivity index (χ1v) is 7.24. The van der Waals surface area contributed by atoms with Gasteiger partial charge >= 0.3 is 5.69 Å². The monoisotopic (exact) mass is 260 g/mol. The Kier molecular flexibility index (Phi) is 4.28. The lowest BCUT2D eigenvalue weighted by Crippen LogP contribution is -2.40. The standard InChI is InChI=1S/C10H16N2O4S/c1-3-11-6-5-9(13)12(10(11)14)7-8-17(15,16)4-2/h5-6H,3-4,7-8H2,1-2H3. The van der Waals surface area contributed by atoms with Crippen LogP contribution >= 0.6 is 0 Å². The van der Waals surface area contributed by atoms with E-state index in [4.69, 9.17) is 0 Å². The van der Waals surface area contributed by atoms with Crippen LogP contribution < -0.4 is 11.2 Å². The second kappa shape index (κ2) is 5.31. The lowest BCUT2D eigenvalue weighted by atomic mass is 10.5. The Bertz CT molecular complexity index is 597. The number of aromatic nitrogens is 2. The summed E-state index contributed by atoms with van der Waals surface area (Å²) in [7, 11) is -3.18. The Hall–Kier alpha value is -1.37. The number of rotatable bonds is 5. The molecule has 1 rings (SSSR count). The number of sulfone groups is 1. The molecule has 0 unspecified atom stereocenters. The molecular weight excluding hydrogens is 244 g/mol. The molecule has 0 amide bonds. The number of aryl methyl sites for hydroxylation is 1. The Morgan fingerprint density at radius 1 is 1.24 bits per heavy atom. The first-order chi connectivity index (χ1) is 7.91. The van der Waals surface area contributed by atoms with Gasteiger partial charge in [-0.3, -0.25) is 9.36 Å². The van der Waals surface area contributed by atoms with Gasteiger partial charge in [-0.05, 0) is 6.92 Å². The second-order valence-electron chi connectivity index (χ2n) is 3.61. The van der Waals surface area contributed by atoms with Crippen LogP contribution in [0.5, 0.6) is 0 Å². The van der Waals surface area contributed by atoms with Gasteiger partial charge in [0.15, 0.2) is 9.84 Å². The van der Waals surface area contributed by atoms with E-state index in [2.05, 4.69) is 0 Å². The summed E-state index contributed by atoms with van der Waals surface area (Å²) in [4.78, 5) is 23.2. The predicted molar refractivity (Wildman–Crippen MR) is 65.0 cm³/mol. The van der Waals surface area contributed by atoms with E-state index in [1.165, 1.54) is 23.8 Å². The summed E-state index contributed by atoms with van der Waals surface area (Å²) in [6, 6.07) is 1.27. The Morgan fingerprint density at radius 3 is 2.41 bits per heavy atom. The molecule has 0 fully saturated rings. The third kappa shape index (κ3) is 3.29. The van der Waals surface area contributed by atoms with Crippen molar-refractivity contribution in [3.63, 3.8) is 0 Å². The topological polar surface area (TPSA) is 78.1 Å². The summed E-state index contributed by atoms with van der Waals surface area (Å²) in [6.07, 6.45) is 1.41. The maximum atomic E-state index is 11.8. The summed E-state index contributed by atoms with van der Waals surface area (Å²) in [5.41, 5.74) is -0.933. The summed E-state index contributed by atoms with van der Waals surface area (Å²) in [5, 5.41) is 0. The van der Waals surface area contributed by atoms with Crippen LogP contribution in [0, 0.1) is 0 Å². The van der Waals surface area contributed by atoms with Gasteiger partial charge in [-0.1, -0.05) is 6.92 Å². The van der Waals surface area contributed by atoms with E-state index in [1.54, 1.807) is 6.92 Å². The zero-order valence-electron chi connectivity index (χ0n) is 9.92. The van der Waals surface area contributed by atoms with Gasteiger partial charge < -0.3 is 4.57 Å². The molecule has 0 spiro atoms. The quantitative estimate of drug-likeness (QED) is 0.712. The van der Waals surface area contributed by atoms with Crippen LogP contribution in [-0.4, -0.2) is 29.1 Å². The number of nitrogens with zero attached hydrogens (tertiary/aromatic N) is 2. The molecule has 0 aromatic carbocycles. The highest BCUT2D eigenvalue weighted by molar-refractivity contribution is 7.91. The lowest BCUT2D eigenvalue weighted by molar-refractivity contribution is 0.566. The Labute approximate surface area is 99.4 Å². The molecule has 7 heteroatoms. The zero-order chi connectivity index (χ0) is 13.1. The minimum atomic E-state index is -3.18. The Balaban J connectivity index is 3.08. The van der Waals surface area contributed by atoms with Gasteiger partial charge in [0, 0.05) is 31.1 Å². The first-order valence-electron chi connectivity index (χ1n) is 5.42. The van der Waals surface area contributed by atoms with Crippen LogP contribution in [0.15, 0.2) is 21.9 Å². The van der Waals surface area contributed by atoms with Crippen molar-refractivity contribution in [2.24, 2.45) is 0 Å². The molecular formula is C10H16N2O4S. The largest absolute Gasteiger partial charge is 0.330 e. The van der Waals surface area contributed by atoms with E-state index >= 15 is 0 Å². The zero-order valence-corrected chi connectivity index (χ0v) is 10.7. The summed E-state index contributed by atoms with van der Waals surface area (Å²) < 4.78 is 25.0. The summed E-state index contributed by atoms with van der Waals surface area (Å²) in [6.45, 7) is 3.67. The highest BCUT2D eigenvalue weighted by Gasteiger charge is 2.10. The van der Waals surface area contributed by atoms with Crippen LogP contribution in [0.2, 0.25) is 0 Å². The maximum Gasteiger partial charge on any atom is 0.330 e. The van der Waals surface area contributed by atoms with Gasteiger partial charge in [-0.2, -0.15) is 0 Å². The van der Waals surface area contributed by atoms with E-state index in [0.29, 0.717) is 6.54 Å². The van der Waals surface area contributed by atoms with Crippen molar-refractivity contribution in [1.82, 2.24) is 9.13 Å². The van der Waals surface area contributed by atoms with Crippen molar-refractivity contribution >= 4 is 9.84 Å². The third-order valence-corrected chi connectivity index (χ3v) is 4.23. The molecule has 6 nitrogen and oxygen atoms in total. The summed E-state index contributed by atoms with van der Waals surface area (Å²) >= 11 is 0. The van der Waals surface area contributed by atoms with Crippen molar-refractivity contribution in [2.45, 2.75) is 26.9 Å². The van der Waals surface area contributed by atoms with E-state index in [9.17, 15) is 18.0 Å². The van der Waals surface area contributed by atoms with Crippen LogP contribution in [0.4, 0.5) is 0 Å². The molecule has 96 valence electrons. The average molecular weight is 260 g/mol. The molecule has 17 heavy (non-hydrogen) atoms. The minimum Gasteiger partial charge on any atom is -0.301 e. The first kappa shape index (κ1) is 13.7. The van der Waals surface area contributed by atoms with Crippen molar-refractivity contribution in [1.29, 1.82) is 0 Å². The van der Waals surface area contributed by atoms with Crippen molar-refractivity contribution in [3.8, 4) is 0 Å². The molecule has 0 saturated carbocycles. The van der Waals surface area contributed by atoms with Crippen LogP contribution in [0.25, 0.3) is 0 Å². The van der Waals surface area contributed by atoms with Crippen LogP contribution in [0.3, 0.4) is 0 Å². The molecule has 0 radical (unpaired) electrons. The smallest absolute Gasteiger partial charge is 0.301 e. The highest BCUT2D eigenvalue weighted by atomic mass is 32.2. The molecule has 0 saturated heterocycles. The molecule has 1 aromatic rings.